The summed E-state index contributed by atoms with van der Waals surface area (Å²) in [7, 11) is 1.56. The SMILES string of the molecule is CC.CC.COCCN=C/C(=C(/C)N)c1ccc(Br)c(F)c1F. The van der Waals surface area contributed by atoms with Crippen LogP contribution in [0, 0.1) is 11.6 Å². The Hall–Kier alpha value is -1.27. The van der Waals surface area contributed by atoms with Crippen molar-refractivity contribution in [1.29, 1.82) is 0 Å². The van der Waals surface area contributed by atoms with E-state index in [0.717, 1.165) is 0 Å². The minimum absolute atomic E-state index is 0.0686. The highest BCUT2D eigenvalue weighted by atomic mass is 79.9. The summed E-state index contributed by atoms with van der Waals surface area (Å²) in [5, 5.41) is 0. The van der Waals surface area contributed by atoms with Crippen LogP contribution in [0.1, 0.15) is 40.2 Å². The normalized spacial score (nSPS) is 11.2. The van der Waals surface area contributed by atoms with Crippen molar-refractivity contribution in [2.45, 2.75) is 34.6 Å². The molecule has 1 aromatic carbocycles. The molecule has 0 heterocycles. The Balaban J connectivity index is 0. The highest BCUT2D eigenvalue weighted by Gasteiger charge is 2.15. The molecule has 0 bridgehead atoms. The number of halogens is 3. The Labute approximate surface area is 146 Å². The van der Waals surface area contributed by atoms with Crippen molar-refractivity contribution in [2.24, 2.45) is 10.7 Å². The third-order valence-corrected chi connectivity index (χ3v) is 3.01. The number of rotatable bonds is 5. The third-order valence-electron chi connectivity index (χ3n) is 2.40. The van der Waals surface area contributed by atoms with Gasteiger partial charge in [-0.2, -0.15) is 0 Å². The lowest BCUT2D eigenvalue weighted by atomic mass is 10.0. The Bertz CT molecular complexity index is 514. The number of aliphatic imine (C=N–C) groups is 1. The Morgan fingerprint density at radius 1 is 1.22 bits per heavy atom. The maximum Gasteiger partial charge on any atom is 0.173 e. The van der Waals surface area contributed by atoms with Gasteiger partial charge in [0.15, 0.2) is 11.6 Å². The van der Waals surface area contributed by atoms with Crippen LogP contribution in [-0.2, 0) is 4.74 Å². The largest absolute Gasteiger partial charge is 0.402 e. The number of nitrogens with zero attached hydrogens (tertiary/aromatic N) is 1. The lowest BCUT2D eigenvalue weighted by molar-refractivity contribution is 0.208. The standard InChI is InChI=1S/C13H15BrF2N2O.2C2H6/c1-8(17)10(7-18-5-6-19-2)9-3-4-11(14)13(16)12(9)15;2*1-2/h3-4,7H,5-6,17H2,1-2H3;2*1-2H3/b10-8+,18-7?;;. The number of ether oxygens (including phenoxy) is 1. The van der Waals surface area contributed by atoms with Crippen molar-refractivity contribution in [3.63, 3.8) is 0 Å². The van der Waals surface area contributed by atoms with E-state index >= 15 is 0 Å². The van der Waals surface area contributed by atoms with Gasteiger partial charge in [0.05, 0.1) is 17.6 Å². The molecule has 0 radical (unpaired) electrons. The molecular formula is C17H27BrF2N2O. The predicted molar refractivity (Wildman–Crippen MR) is 98.8 cm³/mol. The second kappa shape index (κ2) is 14.3. The molecule has 0 amide bonds. The fourth-order valence-corrected chi connectivity index (χ4v) is 1.72. The second-order valence-corrected chi connectivity index (χ2v) is 4.70. The lowest BCUT2D eigenvalue weighted by Crippen LogP contribution is -2.04. The zero-order valence-corrected chi connectivity index (χ0v) is 16.3. The first-order valence-electron chi connectivity index (χ1n) is 7.58. The van der Waals surface area contributed by atoms with Gasteiger partial charge >= 0.3 is 0 Å². The summed E-state index contributed by atoms with van der Waals surface area (Å²) >= 11 is 2.93. The van der Waals surface area contributed by atoms with Gasteiger partial charge in [0.2, 0.25) is 0 Å². The zero-order chi connectivity index (χ0) is 18.4. The smallest absolute Gasteiger partial charge is 0.173 e. The molecule has 23 heavy (non-hydrogen) atoms. The van der Waals surface area contributed by atoms with Crippen LogP contribution in [0.2, 0.25) is 0 Å². The van der Waals surface area contributed by atoms with Crippen molar-refractivity contribution in [3.8, 4) is 0 Å². The fourth-order valence-electron chi connectivity index (χ4n) is 1.42. The van der Waals surface area contributed by atoms with Gasteiger partial charge in [-0.05, 0) is 35.0 Å². The van der Waals surface area contributed by atoms with E-state index in [9.17, 15) is 8.78 Å². The van der Waals surface area contributed by atoms with Gasteiger partial charge in [-0.3, -0.25) is 4.99 Å². The Morgan fingerprint density at radius 2 is 1.78 bits per heavy atom. The van der Waals surface area contributed by atoms with Crippen LogP contribution in [0.3, 0.4) is 0 Å². The highest BCUT2D eigenvalue weighted by Crippen LogP contribution is 2.26. The van der Waals surface area contributed by atoms with E-state index in [1.807, 2.05) is 27.7 Å². The van der Waals surface area contributed by atoms with Gasteiger partial charge in [-0.1, -0.05) is 27.7 Å². The second-order valence-electron chi connectivity index (χ2n) is 3.85. The molecule has 0 aliphatic heterocycles. The first kappa shape index (κ1) is 24.0. The first-order chi connectivity index (χ1) is 11.0. The number of nitrogens with two attached hydrogens (primary N) is 1. The highest BCUT2D eigenvalue weighted by molar-refractivity contribution is 9.10. The molecule has 132 valence electrons. The molecule has 0 fully saturated rings. The molecular weight excluding hydrogens is 366 g/mol. The summed E-state index contributed by atoms with van der Waals surface area (Å²) in [6.45, 7) is 10.5. The number of benzene rings is 1. The lowest BCUT2D eigenvalue weighted by Gasteiger charge is -2.08. The average molecular weight is 393 g/mol. The number of hydrogen-bond acceptors (Lipinski definition) is 3. The molecule has 1 rings (SSSR count). The molecule has 3 nitrogen and oxygen atoms in total. The van der Waals surface area contributed by atoms with Crippen LogP contribution in [0.5, 0.6) is 0 Å². The number of hydrogen-bond donors (Lipinski definition) is 1. The Kier molecular flexibility index (Phi) is 14.9. The average Bonchev–Trinajstić information content (AvgIpc) is 2.57. The molecule has 6 heteroatoms. The van der Waals surface area contributed by atoms with E-state index in [1.165, 1.54) is 18.3 Å². The summed E-state index contributed by atoms with van der Waals surface area (Å²) in [6.07, 6.45) is 1.43. The third kappa shape index (κ3) is 8.23. The maximum absolute atomic E-state index is 13.9. The van der Waals surface area contributed by atoms with Crippen molar-refractivity contribution in [3.05, 3.63) is 39.5 Å². The molecule has 0 atom stereocenters. The molecule has 1 aromatic rings. The van der Waals surface area contributed by atoms with Crippen LogP contribution >= 0.6 is 15.9 Å². The summed E-state index contributed by atoms with van der Waals surface area (Å²) in [4.78, 5) is 4.06. The predicted octanol–water partition coefficient (Wildman–Crippen LogP) is 5.19. The molecule has 0 spiro atoms. The summed E-state index contributed by atoms with van der Waals surface area (Å²) in [5.41, 5.74) is 6.51. The van der Waals surface area contributed by atoms with Crippen molar-refractivity contribution in [2.75, 3.05) is 20.3 Å². The fraction of sp³-hybridized carbons (Fsp3) is 0.471. The monoisotopic (exact) mass is 392 g/mol. The summed E-state index contributed by atoms with van der Waals surface area (Å²) in [5.74, 6) is -1.89. The molecule has 0 unspecified atom stereocenters. The van der Waals surface area contributed by atoms with E-state index in [-0.39, 0.29) is 10.0 Å². The number of methoxy groups -OCH3 is 1. The summed E-state index contributed by atoms with van der Waals surface area (Å²) in [6, 6.07) is 2.89. The van der Waals surface area contributed by atoms with Gasteiger partial charge in [0, 0.05) is 30.2 Å². The zero-order valence-electron chi connectivity index (χ0n) is 14.7. The van der Waals surface area contributed by atoms with E-state index in [4.69, 9.17) is 10.5 Å². The molecule has 0 aliphatic carbocycles. The molecule has 0 saturated carbocycles. The van der Waals surface area contributed by atoms with Crippen LogP contribution in [-0.4, -0.2) is 26.5 Å². The van der Waals surface area contributed by atoms with Crippen LogP contribution in [0.15, 0.2) is 27.3 Å². The minimum Gasteiger partial charge on any atom is -0.402 e. The van der Waals surface area contributed by atoms with Crippen molar-refractivity contribution >= 4 is 27.7 Å². The first-order valence-corrected chi connectivity index (χ1v) is 8.37. The topological polar surface area (TPSA) is 47.6 Å². The summed E-state index contributed by atoms with van der Waals surface area (Å²) < 4.78 is 32.3. The molecule has 0 aliphatic rings. The molecule has 2 N–H and O–H groups in total. The minimum atomic E-state index is -0.952. The van der Waals surface area contributed by atoms with E-state index < -0.39 is 11.6 Å². The van der Waals surface area contributed by atoms with Crippen molar-refractivity contribution in [1.82, 2.24) is 0 Å². The van der Waals surface area contributed by atoms with Gasteiger partial charge in [-0.15, -0.1) is 0 Å². The van der Waals surface area contributed by atoms with Crippen LogP contribution in [0.25, 0.3) is 5.57 Å². The van der Waals surface area contributed by atoms with Gasteiger partial charge in [-0.25, -0.2) is 8.78 Å². The van der Waals surface area contributed by atoms with E-state index in [2.05, 4.69) is 20.9 Å². The van der Waals surface area contributed by atoms with Gasteiger partial charge in [0.1, 0.15) is 0 Å². The quantitative estimate of drug-likeness (QED) is 0.425. The molecule has 0 aromatic heterocycles. The van der Waals surface area contributed by atoms with Gasteiger partial charge in [0.25, 0.3) is 0 Å². The van der Waals surface area contributed by atoms with E-state index in [0.29, 0.717) is 24.4 Å². The maximum atomic E-state index is 13.9. The van der Waals surface area contributed by atoms with Crippen molar-refractivity contribution < 1.29 is 13.5 Å². The number of allylic oxidation sites excluding steroid dienone is 2. The van der Waals surface area contributed by atoms with Gasteiger partial charge < -0.3 is 10.5 Å². The van der Waals surface area contributed by atoms with Crippen LogP contribution < -0.4 is 5.73 Å². The van der Waals surface area contributed by atoms with Crippen LogP contribution in [0.4, 0.5) is 8.78 Å². The Morgan fingerprint density at radius 3 is 2.26 bits per heavy atom. The van der Waals surface area contributed by atoms with E-state index in [1.54, 1.807) is 14.0 Å². The molecule has 0 saturated heterocycles.